The van der Waals surface area contributed by atoms with E-state index in [2.05, 4.69) is 10.0 Å². The molecule has 0 aliphatic carbocycles. The number of halogens is 1. The van der Waals surface area contributed by atoms with Crippen molar-refractivity contribution < 1.29 is 26.4 Å². The van der Waals surface area contributed by atoms with Gasteiger partial charge in [0.15, 0.2) is 6.61 Å². The van der Waals surface area contributed by atoms with Gasteiger partial charge in [-0.25, -0.2) is 21.1 Å². The average Bonchev–Trinajstić information content (AvgIpc) is 2.80. The second-order valence-electron chi connectivity index (χ2n) is 7.68. The van der Waals surface area contributed by atoms with Crippen molar-refractivity contribution in [1.82, 2.24) is 4.31 Å². The third kappa shape index (κ3) is 6.73. The van der Waals surface area contributed by atoms with Crippen molar-refractivity contribution in [1.29, 1.82) is 0 Å². The minimum atomic E-state index is -3.82. The molecule has 0 aliphatic rings. The molecule has 1 amide bonds. The van der Waals surface area contributed by atoms with Crippen molar-refractivity contribution in [2.45, 2.75) is 16.7 Å². The van der Waals surface area contributed by atoms with Gasteiger partial charge in [-0.3, -0.25) is 9.52 Å². The van der Waals surface area contributed by atoms with E-state index < -0.39 is 26.0 Å². The van der Waals surface area contributed by atoms with Gasteiger partial charge in [0.1, 0.15) is 5.75 Å². The molecule has 0 radical (unpaired) electrons. The highest BCUT2D eigenvalue weighted by molar-refractivity contribution is 7.92. The lowest BCUT2D eigenvalue weighted by Gasteiger charge is -2.14. The predicted octanol–water partition coefficient (Wildman–Crippen LogP) is 3.72. The fraction of sp³-hybridized carbons (Fsp3) is 0.174. The maximum Gasteiger partial charge on any atom is 0.262 e. The van der Waals surface area contributed by atoms with Crippen molar-refractivity contribution in [3.8, 4) is 5.75 Å². The maximum absolute atomic E-state index is 12.5. The topological polar surface area (TPSA) is 122 Å². The first-order chi connectivity index (χ1) is 16.4. The quantitative estimate of drug-likeness (QED) is 0.429. The highest BCUT2D eigenvalue weighted by Crippen LogP contribution is 2.23. The molecule has 35 heavy (non-hydrogen) atoms. The molecule has 0 fully saturated rings. The number of carbonyl (C=O) groups excluding carboxylic acids is 1. The summed E-state index contributed by atoms with van der Waals surface area (Å²) in [6, 6.07) is 16.2. The number of hydrogen-bond donors (Lipinski definition) is 2. The van der Waals surface area contributed by atoms with Crippen LogP contribution >= 0.6 is 11.6 Å². The number of rotatable bonds is 9. The van der Waals surface area contributed by atoms with Crippen LogP contribution < -0.4 is 14.8 Å². The van der Waals surface area contributed by atoms with E-state index in [0.29, 0.717) is 22.0 Å². The first-order valence-electron chi connectivity index (χ1n) is 10.2. The number of aryl methyl sites for hydroxylation is 1. The van der Waals surface area contributed by atoms with Crippen LogP contribution in [0.4, 0.5) is 11.4 Å². The van der Waals surface area contributed by atoms with Crippen molar-refractivity contribution in [3.05, 3.63) is 77.3 Å². The summed E-state index contributed by atoms with van der Waals surface area (Å²) in [5, 5.41) is 3.12. The number of anilines is 2. The molecule has 186 valence electrons. The second-order valence-corrected chi connectivity index (χ2v) is 12.0. The van der Waals surface area contributed by atoms with Gasteiger partial charge in [-0.2, -0.15) is 0 Å². The average molecular weight is 538 g/mol. The molecule has 0 bridgehead atoms. The molecule has 0 saturated carbocycles. The van der Waals surface area contributed by atoms with Crippen molar-refractivity contribution in [2.24, 2.45) is 0 Å². The van der Waals surface area contributed by atoms with Gasteiger partial charge in [0.05, 0.1) is 9.79 Å². The third-order valence-corrected chi connectivity index (χ3v) is 8.32. The van der Waals surface area contributed by atoms with Crippen molar-refractivity contribution in [3.63, 3.8) is 0 Å². The molecule has 0 heterocycles. The van der Waals surface area contributed by atoms with Crippen LogP contribution in [0.5, 0.6) is 5.75 Å². The number of ether oxygens (including phenoxy) is 1. The summed E-state index contributed by atoms with van der Waals surface area (Å²) in [7, 11) is -4.63. The molecule has 12 heteroatoms. The molecule has 0 aromatic heterocycles. The minimum Gasteiger partial charge on any atom is -0.484 e. The first kappa shape index (κ1) is 26.5. The normalized spacial score (nSPS) is 11.8. The number of nitrogens with one attached hydrogen (secondary N) is 2. The molecule has 0 aliphatic heterocycles. The van der Waals surface area contributed by atoms with E-state index in [9.17, 15) is 21.6 Å². The van der Waals surface area contributed by atoms with E-state index >= 15 is 0 Å². The van der Waals surface area contributed by atoms with E-state index in [1.807, 2.05) is 0 Å². The summed E-state index contributed by atoms with van der Waals surface area (Å²) < 4.78 is 58.8. The minimum absolute atomic E-state index is 0.0128. The highest BCUT2D eigenvalue weighted by atomic mass is 35.5. The molecule has 0 spiro atoms. The number of carbonyl (C=O) groups is 1. The zero-order chi connectivity index (χ0) is 25.8. The summed E-state index contributed by atoms with van der Waals surface area (Å²) >= 11 is 5.81. The Hall–Kier alpha value is -3.12. The Bertz CT molecular complexity index is 1420. The van der Waals surface area contributed by atoms with Crippen LogP contribution in [0, 0.1) is 6.92 Å². The Morgan fingerprint density at radius 2 is 1.51 bits per heavy atom. The monoisotopic (exact) mass is 537 g/mol. The van der Waals surface area contributed by atoms with Gasteiger partial charge in [0, 0.05) is 30.5 Å². The van der Waals surface area contributed by atoms with Crippen molar-refractivity contribution in [2.75, 3.05) is 30.7 Å². The summed E-state index contributed by atoms with van der Waals surface area (Å²) in [6.45, 7) is 1.37. The van der Waals surface area contributed by atoms with E-state index in [1.54, 1.807) is 37.3 Å². The van der Waals surface area contributed by atoms with E-state index in [1.165, 1.54) is 50.5 Å². The van der Waals surface area contributed by atoms with Gasteiger partial charge in [0.25, 0.3) is 15.9 Å². The molecule has 9 nitrogen and oxygen atoms in total. The number of amides is 1. The van der Waals surface area contributed by atoms with Crippen molar-refractivity contribution >= 4 is 48.9 Å². The smallest absolute Gasteiger partial charge is 0.262 e. The summed E-state index contributed by atoms with van der Waals surface area (Å²) in [6.07, 6.45) is 0. The van der Waals surface area contributed by atoms with Crippen LogP contribution in [0.25, 0.3) is 0 Å². The molecular weight excluding hydrogens is 514 g/mol. The van der Waals surface area contributed by atoms with E-state index in [0.717, 1.165) is 4.31 Å². The molecule has 3 aromatic carbocycles. The standard InChI is InChI=1S/C23H24ClN3O6S2/c1-16-4-11-21(35(31,32)27(2)3)14-22(16)25-23(28)15-33-19-9-12-20(13-10-19)34(29,30)26-18-7-5-17(24)6-8-18/h4-14,26H,15H2,1-3H3,(H,25,28). The largest absolute Gasteiger partial charge is 0.484 e. The van der Waals surface area contributed by atoms with E-state index in [4.69, 9.17) is 16.3 Å². The molecule has 2 N–H and O–H groups in total. The van der Waals surface area contributed by atoms with Crippen LogP contribution in [0.1, 0.15) is 5.56 Å². The fourth-order valence-corrected chi connectivity index (χ4v) is 5.00. The van der Waals surface area contributed by atoms with Crippen LogP contribution in [0.15, 0.2) is 76.5 Å². The van der Waals surface area contributed by atoms with Gasteiger partial charge in [-0.15, -0.1) is 0 Å². The van der Waals surface area contributed by atoms with Gasteiger partial charge >= 0.3 is 0 Å². The zero-order valence-corrected chi connectivity index (χ0v) is 21.5. The fourth-order valence-electron chi connectivity index (χ4n) is 2.89. The van der Waals surface area contributed by atoms with Gasteiger partial charge in [0.2, 0.25) is 10.0 Å². The highest BCUT2D eigenvalue weighted by Gasteiger charge is 2.19. The predicted molar refractivity (Wildman–Crippen MR) is 135 cm³/mol. The third-order valence-electron chi connectivity index (χ3n) is 4.86. The molecule has 3 aromatic rings. The van der Waals surface area contributed by atoms with Gasteiger partial charge in [-0.1, -0.05) is 17.7 Å². The summed E-state index contributed by atoms with van der Waals surface area (Å²) in [5.74, 6) is -0.222. The van der Waals surface area contributed by atoms with Crippen LogP contribution in [0.2, 0.25) is 5.02 Å². The number of benzene rings is 3. The lowest BCUT2D eigenvalue weighted by atomic mass is 10.2. The Morgan fingerprint density at radius 1 is 0.914 bits per heavy atom. The number of nitrogens with zero attached hydrogens (tertiary/aromatic N) is 1. The Labute approximate surface area is 209 Å². The number of sulfonamides is 2. The zero-order valence-electron chi connectivity index (χ0n) is 19.1. The second kappa shape index (κ2) is 10.6. The van der Waals surface area contributed by atoms with Gasteiger partial charge in [-0.05, 0) is 73.2 Å². The Morgan fingerprint density at radius 3 is 2.11 bits per heavy atom. The lowest BCUT2D eigenvalue weighted by Crippen LogP contribution is -2.23. The Balaban J connectivity index is 1.62. The molecular formula is C23H24ClN3O6S2. The van der Waals surface area contributed by atoms with E-state index in [-0.39, 0.29) is 22.1 Å². The molecule has 0 saturated heterocycles. The first-order valence-corrected chi connectivity index (χ1v) is 13.5. The summed E-state index contributed by atoms with van der Waals surface area (Å²) in [4.78, 5) is 12.4. The van der Waals surface area contributed by atoms with Crippen LogP contribution in [-0.4, -0.2) is 47.8 Å². The maximum atomic E-state index is 12.5. The number of hydrogen-bond acceptors (Lipinski definition) is 6. The molecule has 0 unspecified atom stereocenters. The Kier molecular flexibility index (Phi) is 8.06. The lowest BCUT2D eigenvalue weighted by molar-refractivity contribution is -0.118. The summed E-state index contributed by atoms with van der Waals surface area (Å²) in [5.41, 5.74) is 1.39. The van der Waals surface area contributed by atoms with Crippen LogP contribution in [-0.2, 0) is 24.8 Å². The van der Waals surface area contributed by atoms with Crippen LogP contribution in [0.3, 0.4) is 0 Å². The SMILES string of the molecule is Cc1ccc(S(=O)(=O)N(C)C)cc1NC(=O)COc1ccc(S(=O)(=O)Nc2ccc(Cl)cc2)cc1. The molecule has 0 atom stereocenters. The molecule has 3 rings (SSSR count). The van der Waals surface area contributed by atoms with Gasteiger partial charge < -0.3 is 10.1 Å².